The number of methoxy groups -OCH3 is 1. The highest BCUT2D eigenvalue weighted by Gasteiger charge is 2.27. The first-order valence-corrected chi connectivity index (χ1v) is 10.1. The molecule has 164 valence electrons. The van der Waals surface area contributed by atoms with E-state index < -0.39 is 0 Å². The summed E-state index contributed by atoms with van der Waals surface area (Å²) in [5, 5.41) is 11.0. The highest BCUT2D eigenvalue weighted by molar-refractivity contribution is 6.00. The normalized spacial score (nSPS) is 15.5. The number of nitrogens with zero attached hydrogens (tertiary/aromatic N) is 1. The Hall–Kier alpha value is -3.75. The summed E-state index contributed by atoms with van der Waals surface area (Å²) in [6.45, 7) is 1.02. The van der Waals surface area contributed by atoms with E-state index in [9.17, 15) is 14.4 Å². The third kappa shape index (κ3) is 6.11. The van der Waals surface area contributed by atoms with Crippen LogP contribution in [-0.2, 0) is 4.79 Å². The molecule has 9 heteroatoms. The molecule has 1 atom stereocenters. The number of likely N-dealkylation sites (tertiary alicyclic amines) is 1. The van der Waals surface area contributed by atoms with Crippen LogP contribution in [0.15, 0.2) is 48.5 Å². The number of hydrogen-bond donors (Lipinski definition) is 4. The van der Waals surface area contributed by atoms with Gasteiger partial charge < -0.3 is 30.9 Å². The van der Waals surface area contributed by atoms with Crippen molar-refractivity contribution in [1.29, 1.82) is 0 Å². The van der Waals surface area contributed by atoms with Crippen LogP contribution >= 0.6 is 0 Å². The average molecular weight is 425 g/mol. The highest BCUT2D eigenvalue weighted by Crippen LogP contribution is 2.20. The number of piperidine rings is 1. The van der Waals surface area contributed by atoms with Gasteiger partial charge in [-0.1, -0.05) is 0 Å². The van der Waals surface area contributed by atoms with Gasteiger partial charge in [-0.15, -0.1) is 0 Å². The number of hydrogen-bond acceptors (Lipinski definition) is 4. The Morgan fingerprint density at radius 3 is 2.00 bits per heavy atom. The summed E-state index contributed by atoms with van der Waals surface area (Å²) in [6.07, 6.45) is 1.57. The maximum atomic E-state index is 12.5. The van der Waals surface area contributed by atoms with Crippen LogP contribution in [0.4, 0.5) is 26.7 Å². The van der Waals surface area contributed by atoms with Crippen LogP contribution in [-0.4, -0.2) is 50.1 Å². The first-order valence-electron chi connectivity index (χ1n) is 10.1. The predicted molar refractivity (Wildman–Crippen MR) is 119 cm³/mol. The monoisotopic (exact) mass is 425 g/mol. The number of nitrogens with one attached hydrogen (secondary N) is 4. The van der Waals surface area contributed by atoms with Gasteiger partial charge in [0.1, 0.15) is 5.75 Å². The molecule has 2 aromatic carbocycles. The van der Waals surface area contributed by atoms with E-state index in [1.165, 1.54) is 0 Å². The standard InChI is InChI=1S/C22H27N5O4/c1-23-20(28)15-4-3-13-27(14-15)22(30)26-18-7-5-16(6-8-18)24-21(29)25-17-9-11-19(31-2)12-10-17/h5-12,15H,3-4,13-14H2,1-2H3,(H,23,28)(H,26,30)(H2,24,25,29)/t15-/m0/s1. The number of benzene rings is 2. The molecule has 0 aliphatic carbocycles. The summed E-state index contributed by atoms with van der Waals surface area (Å²) in [7, 11) is 3.18. The van der Waals surface area contributed by atoms with E-state index >= 15 is 0 Å². The van der Waals surface area contributed by atoms with Crippen molar-refractivity contribution < 1.29 is 19.1 Å². The van der Waals surface area contributed by atoms with Gasteiger partial charge in [0.2, 0.25) is 5.91 Å². The van der Waals surface area contributed by atoms with E-state index in [0.717, 1.165) is 12.8 Å². The molecule has 1 fully saturated rings. The summed E-state index contributed by atoms with van der Waals surface area (Å²) < 4.78 is 5.09. The Labute approximate surface area is 181 Å². The second-order valence-electron chi connectivity index (χ2n) is 7.21. The van der Waals surface area contributed by atoms with E-state index in [4.69, 9.17) is 4.74 Å². The molecular weight excluding hydrogens is 398 g/mol. The van der Waals surface area contributed by atoms with E-state index in [1.54, 1.807) is 67.6 Å². The van der Waals surface area contributed by atoms with Gasteiger partial charge in [-0.05, 0) is 61.4 Å². The molecule has 0 radical (unpaired) electrons. The zero-order valence-electron chi connectivity index (χ0n) is 17.6. The first-order chi connectivity index (χ1) is 15.0. The lowest BCUT2D eigenvalue weighted by molar-refractivity contribution is -0.125. The smallest absolute Gasteiger partial charge is 0.323 e. The largest absolute Gasteiger partial charge is 0.497 e. The molecule has 9 nitrogen and oxygen atoms in total. The van der Waals surface area contributed by atoms with Gasteiger partial charge in [0.25, 0.3) is 0 Å². The number of urea groups is 2. The van der Waals surface area contributed by atoms with Gasteiger partial charge in [0.05, 0.1) is 13.0 Å². The van der Waals surface area contributed by atoms with Crippen molar-refractivity contribution in [1.82, 2.24) is 10.2 Å². The molecule has 0 saturated carbocycles. The molecule has 1 aliphatic rings. The zero-order valence-corrected chi connectivity index (χ0v) is 17.6. The minimum atomic E-state index is -0.379. The van der Waals surface area contributed by atoms with Crippen molar-refractivity contribution in [2.45, 2.75) is 12.8 Å². The molecule has 2 aromatic rings. The SMILES string of the molecule is CNC(=O)[C@H]1CCCN(C(=O)Nc2ccc(NC(=O)Nc3ccc(OC)cc3)cc2)C1. The molecule has 0 aromatic heterocycles. The lowest BCUT2D eigenvalue weighted by atomic mass is 9.97. The number of ether oxygens (including phenoxy) is 1. The molecule has 3 rings (SSSR count). The zero-order chi connectivity index (χ0) is 22.2. The third-order valence-electron chi connectivity index (χ3n) is 5.07. The van der Waals surface area contributed by atoms with Crippen molar-refractivity contribution in [3.8, 4) is 5.75 Å². The van der Waals surface area contributed by atoms with Crippen LogP contribution < -0.4 is 26.0 Å². The third-order valence-corrected chi connectivity index (χ3v) is 5.07. The Balaban J connectivity index is 1.50. The van der Waals surface area contributed by atoms with Gasteiger partial charge in [0, 0.05) is 37.2 Å². The molecule has 1 heterocycles. The molecule has 1 aliphatic heterocycles. The van der Waals surface area contributed by atoms with Crippen molar-refractivity contribution in [3.05, 3.63) is 48.5 Å². The van der Waals surface area contributed by atoms with Crippen LogP contribution in [0.1, 0.15) is 12.8 Å². The number of rotatable bonds is 5. The Bertz CT molecular complexity index is 915. The van der Waals surface area contributed by atoms with E-state index in [-0.39, 0.29) is 23.9 Å². The fraction of sp³-hybridized carbons (Fsp3) is 0.318. The van der Waals surface area contributed by atoms with Crippen LogP contribution in [0, 0.1) is 5.92 Å². The highest BCUT2D eigenvalue weighted by atomic mass is 16.5. The number of amides is 5. The number of anilines is 3. The second-order valence-corrected chi connectivity index (χ2v) is 7.21. The number of carbonyl (C=O) groups is 3. The summed E-state index contributed by atoms with van der Waals surface area (Å²) >= 11 is 0. The molecule has 31 heavy (non-hydrogen) atoms. The molecule has 0 unspecified atom stereocenters. The van der Waals surface area contributed by atoms with Crippen LogP contribution in [0.5, 0.6) is 5.75 Å². The van der Waals surface area contributed by atoms with Crippen LogP contribution in [0.3, 0.4) is 0 Å². The summed E-state index contributed by atoms with van der Waals surface area (Å²) in [6, 6.07) is 13.2. The van der Waals surface area contributed by atoms with E-state index in [0.29, 0.717) is 35.9 Å². The Morgan fingerprint density at radius 2 is 1.45 bits per heavy atom. The molecule has 4 N–H and O–H groups in total. The number of carbonyl (C=O) groups excluding carboxylic acids is 3. The lowest BCUT2D eigenvalue weighted by Crippen LogP contribution is -2.46. The van der Waals surface area contributed by atoms with Crippen molar-refractivity contribution in [2.75, 3.05) is 43.2 Å². The average Bonchev–Trinajstić information content (AvgIpc) is 2.80. The van der Waals surface area contributed by atoms with Crippen LogP contribution in [0.2, 0.25) is 0 Å². The van der Waals surface area contributed by atoms with Crippen molar-refractivity contribution >= 4 is 35.0 Å². The minimum absolute atomic E-state index is 0.0409. The maximum absolute atomic E-state index is 12.5. The van der Waals surface area contributed by atoms with E-state index in [1.807, 2.05) is 0 Å². The quantitative estimate of drug-likeness (QED) is 0.589. The molecule has 0 spiro atoms. The molecule has 0 bridgehead atoms. The van der Waals surface area contributed by atoms with Gasteiger partial charge in [-0.25, -0.2) is 9.59 Å². The Kier molecular flexibility index (Phi) is 7.31. The van der Waals surface area contributed by atoms with Crippen molar-refractivity contribution in [3.63, 3.8) is 0 Å². The first kappa shape index (κ1) is 21.9. The second kappa shape index (κ2) is 10.3. The Morgan fingerprint density at radius 1 is 0.903 bits per heavy atom. The fourth-order valence-corrected chi connectivity index (χ4v) is 3.39. The summed E-state index contributed by atoms with van der Waals surface area (Å²) in [4.78, 5) is 38.2. The lowest BCUT2D eigenvalue weighted by Gasteiger charge is -2.31. The van der Waals surface area contributed by atoms with Gasteiger partial charge >= 0.3 is 12.1 Å². The van der Waals surface area contributed by atoms with Gasteiger partial charge in [0.15, 0.2) is 0 Å². The fourth-order valence-electron chi connectivity index (χ4n) is 3.39. The van der Waals surface area contributed by atoms with Crippen LogP contribution in [0.25, 0.3) is 0 Å². The van der Waals surface area contributed by atoms with Gasteiger partial charge in [-0.2, -0.15) is 0 Å². The van der Waals surface area contributed by atoms with E-state index in [2.05, 4.69) is 21.3 Å². The minimum Gasteiger partial charge on any atom is -0.497 e. The molecular formula is C22H27N5O4. The predicted octanol–water partition coefficient (Wildman–Crippen LogP) is 3.33. The molecule has 1 saturated heterocycles. The topological polar surface area (TPSA) is 112 Å². The maximum Gasteiger partial charge on any atom is 0.323 e. The summed E-state index contributed by atoms with van der Waals surface area (Å²) in [5.41, 5.74) is 1.83. The summed E-state index contributed by atoms with van der Waals surface area (Å²) in [5.74, 6) is 0.485. The molecule has 5 amide bonds. The van der Waals surface area contributed by atoms with Gasteiger partial charge in [-0.3, -0.25) is 4.79 Å². The van der Waals surface area contributed by atoms with Crippen molar-refractivity contribution in [2.24, 2.45) is 5.92 Å².